The second-order valence-electron chi connectivity index (χ2n) is 7.39. The van der Waals surface area contributed by atoms with E-state index in [1.165, 1.54) is 4.90 Å². The zero-order valence-corrected chi connectivity index (χ0v) is 15.5. The first-order chi connectivity index (χ1) is 12.3. The predicted octanol–water partition coefficient (Wildman–Crippen LogP) is 3.05. The van der Waals surface area contributed by atoms with Crippen molar-refractivity contribution in [3.05, 3.63) is 47.7 Å². The maximum Gasteiger partial charge on any atom is 0.266 e. The maximum absolute atomic E-state index is 12.7. The highest BCUT2D eigenvalue weighted by Gasteiger charge is 2.29. The number of benzene rings is 1. The van der Waals surface area contributed by atoms with Crippen molar-refractivity contribution in [2.75, 3.05) is 23.4 Å². The van der Waals surface area contributed by atoms with Gasteiger partial charge in [-0.3, -0.25) is 14.5 Å². The first-order valence-electron chi connectivity index (χ1n) is 8.55. The first kappa shape index (κ1) is 17.9. The van der Waals surface area contributed by atoms with Crippen LogP contribution in [0.2, 0.25) is 0 Å². The number of carbonyl (C=O) groups is 2. The van der Waals surface area contributed by atoms with Crippen molar-refractivity contribution in [1.82, 2.24) is 4.98 Å². The number of anilines is 2. The fourth-order valence-corrected chi connectivity index (χ4v) is 2.94. The molecule has 3 rings (SSSR count). The van der Waals surface area contributed by atoms with Gasteiger partial charge in [0.1, 0.15) is 12.3 Å². The lowest BCUT2D eigenvalue weighted by molar-refractivity contribution is -0.123. The Morgan fingerprint density at radius 3 is 2.73 bits per heavy atom. The quantitative estimate of drug-likeness (QED) is 0.921. The van der Waals surface area contributed by atoms with Crippen molar-refractivity contribution in [1.29, 1.82) is 0 Å². The standard InChI is InChI=1S/C20H23N3O3/c1-13-9-10-21-19-18(13)22-16(24)11-23(19)17(25)12-26-15-8-6-5-7-14(15)20(2,3)4/h5-10H,11-12H2,1-4H3,(H,22,24). The van der Waals surface area contributed by atoms with E-state index in [4.69, 9.17) is 4.74 Å². The minimum atomic E-state index is -0.303. The number of amides is 2. The van der Waals surface area contributed by atoms with Crippen LogP contribution >= 0.6 is 0 Å². The van der Waals surface area contributed by atoms with Crippen LogP contribution < -0.4 is 15.0 Å². The number of nitrogens with one attached hydrogen (secondary N) is 1. The average molecular weight is 353 g/mol. The molecular weight excluding hydrogens is 330 g/mol. The predicted molar refractivity (Wildman–Crippen MR) is 101 cm³/mol. The number of hydrogen-bond donors (Lipinski definition) is 1. The van der Waals surface area contributed by atoms with Gasteiger partial charge in [0.25, 0.3) is 5.91 Å². The number of nitrogens with zero attached hydrogens (tertiary/aromatic N) is 2. The van der Waals surface area contributed by atoms with Gasteiger partial charge in [-0.15, -0.1) is 0 Å². The molecule has 0 atom stereocenters. The summed E-state index contributed by atoms with van der Waals surface area (Å²) in [6, 6.07) is 9.47. The molecule has 6 nitrogen and oxygen atoms in total. The third-order valence-electron chi connectivity index (χ3n) is 4.31. The van der Waals surface area contributed by atoms with Crippen LogP contribution in [0.4, 0.5) is 11.5 Å². The highest BCUT2D eigenvalue weighted by molar-refractivity contribution is 6.09. The summed E-state index contributed by atoms with van der Waals surface area (Å²) in [6.07, 6.45) is 1.63. The molecule has 1 aromatic carbocycles. The fraction of sp³-hybridized carbons (Fsp3) is 0.350. The lowest BCUT2D eigenvalue weighted by atomic mass is 9.86. The van der Waals surface area contributed by atoms with Gasteiger partial charge in [0.15, 0.2) is 12.4 Å². The van der Waals surface area contributed by atoms with Crippen LogP contribution in [0.25, 0.3) is 0 Å². The largest absolute Gasteiger partial charge is 0.483 e. The van der Waals surface area contributed by atoms with E-state index in [0.717, 1.165) is 11.1 Å². The van der Waals surface area contributed by atoms with Crippen molar-refractivity contribution >= 4 is 23.3 Å². The molecule has 0 spiro atoms. The van der Waals surface area contributed by atoms with Crippen LogP contribution in [0.3, 0.4) is 0 Å². The van der Waals surface area contributed by atoms with Gasteiger partial charge in [-0.2, -0.15) is 0 Å². The summed E-state index contributed by atoms with van der Waals surface area (Å²) in [4.78, 5) is 30.4. The van der Waals surface area contributed by atoms with Gasteiger partial charge in [-0.25, -0.2) is 4.98 Å². The highest BCUT2D eigenvalue weighted by Crippen LogP contribution is 2.32. The monoisotopic (exact) mass is 353 g/mol. The Morgan fingerprint density at radius 2 is 2.00 bits per heavy atom. The molecule has 1 N–H and O–H groups in total. The molecule has 6 heteroatoms. The first-order valence-corrected chi connectivity index (χ1v) is 8.55. The smallest absolute Gasteiger partial charge is 0.266 e. The third-order valence-corrected chi connectivity index (χ3v) is 4.31. The van der Waals surface area contributed by atoms with E-state index in [1.807, 2.05) is 31.2 Å². The van der Waals surface area contributed by atoms with Crippen LogP contribution in [0, 0.1) is 6.92 Å². The highest BCUT2D eigenvalue weighted by atomic mass is 16.5. The molecule has 1 aromatic heterocycles. The minimum Gasteiger partial charge on any atom is -0.483 e. The van der Waals surface area contributed by atoms with Gasteiger partial charge in [0, 0.05) is 6.20 Å². The van der Waals surface area contributed by atoms with Gasteiger partial charge in [0.2, 0.25) is 5.91 Å². The molecule has 26 heavy (non-hydrogen) atoms. The summed E-state index contributed by atoms with van der Waals surface area (Å²) < 4.78 is 5.81. The molecule has 0 radical (unpaired) electrons. The summed E-state index contributed by atoms with van der Waals surface area (Å²) in [5, 5.41) is 2.78. The molecule has 1 aliphatic heterocycles. The molecule has 1 aliphatic rings. The number of aromatic nitrogens is 1. The Kier molecular flexibility index (Phi) is 4.68. The summed E-state index contributed by atoms with van der Waals surface area (Å²) in [6.45, 7) is 7.92. The molecule has 0 aliphatic carbocycles. The van der Waals surface area contributed by atoms with Gasteiger partial charge in [0.05, 0.1) is 5.69 Å². The number of rotatable bonds is 3. The van der Waals surface area contributed by atoms with Gasteiger partial charge < -0.3 is 10.1 Å². The van der Waals surface area contributed by atoms with E-state index in [9.17, 15) is 9.59 Å². The van der Waals surface area contributed by atoms with E-state index in [0.29, 0.717) is 17.3 Å². The van der Waals surface area contributed by atoms with Gasteiger partial charge in [-0.05, 0) is 35.6 Å². The van der Waals surface area contributed by atoms with Gasteiger partial charge >= 0.3 is 0 Å². The summed E-state index contributed by atoms with van der Waals surface area (Å²) in [5.74, 6) is 0.592. The molecule has 2 aromatic rings. The number of aryl methyl sites for hydroxylation is 1. The molecule has 0 bridgehead atoms. The Hall–Kier alpha value is -2.89. The second kappa shape index (κ2) is 6.78. The Bertz CT molecular complexity index is 856. The van der Waals surface area contributed by atoms with Crippen LogP contribution in [0.15, 0.2) is 36.5 Å². The van der Waals surface area contributed by atoms with Crippen LogP contribution in [0.1, 0.15) is 31.9 Å². The number of ether oxygens (including phenoxy) is 1. The molecule has 0 unspecified atom stereocenters. The lowest BCUT2D eigenvalue weighted by Crippen LogP contribution is -2.45. The van der Waals surface area contributed by atoms with Crippen molar-refractivity contribution in [2.45, 2.75) is 33.1 Å². The van der Waals surface area contributed by atoms with E-state index in [-0.39, 0.29) is 30.4 Å². The van der Waals surface area contributed by atoms with E-state index >= 15 is 0 Å². The van der Waals surface area contributed by atoms with E-state index in [1.54, 1.807) is 12.3 Å². The number of fused-ring (bicyclic) bond motifs is 1. The van der Waals surface area contributed by atoms with Crippen molar-refractivity contribution in [3.63, 3.8) is 0 Å². The van der Waals surface area contributed by atoms with Crippen molar-refractivity contribution < 1.29 is 14.3 Å². The zero-order chi connectivity index (χ0) is 18.9. The van der Waals surface area contributed by atoms with E-state index in [2.05, 4.69) is 31.1 Å². The summed E-state index contributed by atoms with van der Waals surface area (Å²) in [7, 11) is 0. The van der Waals surface area contributed by atoms with Gasteiger partial charge in [-0.1, -0.05) is 39.0 Å². The average Bonchev–Trinajstić information content (AvgIpc) is 2.59. The maximum atomic E-state index is 12.7. The number of carbonyl (C=O) groups excluding carboxylic acids is 2. The normalized spacial score (nSPS) is 13.8. The molecule has 0 saturated heterocycles. The number of hydrogen-bond acceptors (Lipinski definition) is 4. The molecule has 2 heterocycles. The topological polar surface area (TPSA) is 71.5 Å². The third kappa shape index (κ3) is 3.54. The summed E-state index contributed by atoms with van der Waals surface area (Å²) in [5.41, 5.74) is 2.36. The van der Waals surface area contributed by atoms with Crippen molar-refractivity contribution in [2.24, 2.45) is 0 Å². The molecule has 0 saturated carbocycles. The Labute approximate surface area is 153 Å². The number of para-hydroxylation sites is 1. The van der Waals surface area contributed by atoms with Crippen molar-refractivity contribution in [3.8, 4) is 5.75 Å². The molecular formula is C20H23N3O3. The second-order valence-corrected chi connectivity index (χ2v) is 7.39. The molecule has 2 amide bonds. The van der Waals surface area contributed by atoms with Crippen LogP contribution in [0.5, 0.6) is 5.75 Å². The fourth-order valence-electron chi connectivity index (χ4n) is 2.94. The summed E-state index contributed by atoms with van der Waals surface area (Å²) >= 11 is 0. The Morgan fingerprint density at radius 1 is 1.27 bits per heavy atom. The molecule has 0 fully saturated rings. The van der Waals surface area contributed by atoms with E-state index < -0.39 is 0 Å². The van der Waals surface area contributed by atoms with Crippen LogP contribution in [-0.4, -0.2) is 29.9 Å². The lowest BCUT2D eigenvalue weighted by Gasteiger charge is -2.29. The number of pyridine rings is 1. The molecule has 136 valence electrons. The SMILES string of the molecule is Cc1ccnc2c1NC(=O)CN2C(=O)COc1ccccc1C(C)(C)C. The Balaban J connectivity index is 1.81. The van der Waals surface area contributed by atoms with Crippen LogP contribution in [-0.2, 0) is 15.0 Å². The minimum absolute atomic E-state index is 0.0629. The zero-order valence-electron chi connectivity index (χ0n) is 15.5.